The van der Waals surface area contributed by atoms with Gasteiger partial charge in [-0.1, -0.05) is 27.7 Å². The number of thiazole rings is 1. The van der Waals surface area contributed by atoms with Crippen LogP contribution in [0.25, 0.3) is 0 Å². The van der Waals surface area contributed by atoms with Gasteiger partial charge < -0.3 is 15.1 Å². The fraction of sp³-hybridized carbons (Fsp3) is 0.406. The van der Waals surface area contributed by atoms with E-state index in [0.717, 1.165) is 43.2 Å². The van der Waals surface area contributed by atoms with E-state index in [0.29, 0.717) is 34.2 Å². The molecule has 2 aromatic carbocycles. The third kappa shape index (κ3) is 5.31. The molecule has 0 aliphatic carbocycles. The number of rotatable bonds is 7. The predicted octanol–water partition coefficient (Wildman–Crippen LogP) is 6.34. The molecule has 2 saturated heterocycles. The van der Waals surface area contributed by atoms with Crippen molar-refractivity contribution in [2.45, 2.75) is 44.9 Å². The van der Waals surface area contributed by atoms with Crippen LogP contribution in [0.4, 0.5) is 11.4 Å². The summed E-state index contributed by atoms with van der Waals surface area (Å²) in [6, 6.07) is 16.1. The zero-order chi connectivity index (χ0) is 28.0. The van der Waals surface area contributed by atoms with Crippen LogP contribution in [0.3, 0.4) is 0 Å². The lowest BCUT2D eigenvalue weighted by atomic mass is 9.98. The van der Waals surface area contributed by atoms with Crippen molar-refractivity contribution in [3.8, 4) is 0 Å². The molecular formula is C32H36N4O2S2. The van der Waals surface area contributed by atoms with Crippen LogP contribution in [-0.4, -0.2) is 48.1 Å². The standard InChI is InChI=1S/C32H36N4O2S2/c1-5-28-33-26(18-39-28)29(37)20-6-10-24(11-7-20)35-14-22-16-36(17-23(22)15-35)25-12-8-21(9-13-25)30(38)27-19-40-31(34-27)32(2,3)4/h6-13,18-19,22-23,28,33H,5,14-17H2,1-4H3. The maximum Gasteiger partial charge on any atom is 0.212 e. The minimum atomic E-state index is -0.0540. The number of anilines is 2. The van der Waals surface area contributed by atoms with Crippen LogP contribution in [0.15, 0.2) is 65.0 Å². The van der Waals surface area contributed by atoms with Crippen LogP contribution in [0, 0.1) is 11.8 Å². The maximum atomic E-state index is 13.0. The van der Waals surface area contributed by atoms with Gasteiger partial charge in [0.05, 0.1) is 16.1 Å². The number of nitrogens with zero attached hydrogens (tertiary/aromatic N) is 3. The summed E-state index contributed by atoms with van der Waals surface area (Å²) in [5, 5.41) is 8.42. The molecule has 4 heterocycles. The molecule has 6 rings (SSSR count). The molecule has 3 unspecified atom stereocenters. The van der Waals surface area contributed by atoms with E-state index in [1.807, 2.05) is 35.1 Å². The fourth-order valence-electron chi connectivity index (χ4n) is 5.80. The summed E-state index contributed by atoms with van der Waals surface area (Å²) < 4.78 is 0. The van der Waals surface area contributed by atoms with Crippen molar-refractivity contribution in [3.05, 3.63) is 86.8 Å². The SMILES string of the molecule is CCC1NC(C(=O)c2ccc(N3CC4CN(c5ccc(C(=O)c6csc(C(C)(C)C)n6)cc5)CC4C3)cc2)=CS1. The number of hydrogen-bond acceptors (Lipinski definition) is 8. The molecule has 0 bridgehead atoms. The molecule has 0 radical (unpaired) electrons. The molecule has 0 spiro atoms. The minimum absolute atomic E-state index is 0.0137. The summed E-state index contributed by atoms with van der Waals surface area (Å²) in [6.07, 6.45) is 0.989. The van der Waals surface area contributed by atoms with Gasteiger partial charge in [0.15, 0.2) is 0 Å². The van der Waals surface area contributed by atoms with Gasteiger partial charge in [0.1, 0.15) is 5.69 Å². The number of ketones is 2. The van der Waals surface area contributed by atoms with E-state index in [4.69, 9.17) is 0 Å². The summed E-state index contributed by atoms with van der Waals surface area (Å²) in [5.41, 5.74) is 4.96. The Balaban J connectivity index is 1.04. The summed E-state index contributed by atoms with van der Waals surface area (Å²) >= 11 is 3.24. The van der Waals surface area contributed by atoms with Crippen molar-refractivity contribution >= 4 is 46.0 Å². The average molecular weight is 573 g/mol. The van der Waals surface area contributed by atoms with Crippen molar-refractivity contribution in [1.29, 1.82) is 0 Å². The van der Waals surface area contributed by atoms with Gasteiger partial charge in [-0.2, -0.15) is 0 Å². The fourth-order valence-corrected chi connectivity index (χ4v) is 7.55. The van der Waals surface area contributed by atoms with Crippen molar-refractivity contribution in [2.75, 3.05) is 36.0 Å². The van der Waals surface area contributed by atoms with E-state index < -0.39 is 0 Å². The van der Waals surface area contributed by atoms with Crippen molar-refractivity contribution < 1.29 is 9.59 Å². The van der Waals surface area contributed by atoms with Crippen molar-refractivity contribution in [1.82, 2.24) is 10.3 Å². The van der Waals surface area contributed by atoms with Crippen molar-refractivity contribution in [2.24, 2.45) is 11.8 Å². The number of Topliss-reactive ketones (excluding diaryl/α,β-unsaturated/α-hetero) is 1. The second-order valence-corrected chi connectivity index (χ2v) is 14.0. The number of carbonyl (C=O) groups is 2. The first-order valence-electron chi connectivity index (χ1n) is 14.1. The van der Waals surface area contributed by atoms with Gasteiger partial charge in [-0.25, -0.2) is 4.98 Å². The number of fused-ring (bicyclic) bond motifs is 1. The molecule has 0 amide bonds. The minimum Gasteiger partial charge on any atom is -0.371 e. The van der Waals surface area contributed by atoms with Gasteiger partial charge >= 0.3 is 0 Å². The van der Waals surface area contributed by atoms with E-state index in [2.05, 4.69) is 72.1 Å². The molecule has 40 heavy (non-hydrogen) atoms. The second kappa shape index (κ2) is 10.7. The number of allylic oxidation sites excluding steroid dienone is 1. The average Bonchev–Trinajstić information content (AvgIpc) is 3.75. The van der Waals surface area contributed by atoms with Gasteiger partial charge in [0, 0.05) is 76.7 Å². The lowest BCUT2D eigenvalue weighted by Crippen LogP contribution is -2.28. The zero-order valence-corrected chi connectivity index (χ0v) is 25.1. The van der Waals surface area contributed by atoms with Gasteiger partial charge in [-0.3, -0.25) is 9.59 Å². The number of aromatic nitrogens is 1. The van der Waals surface area contributed by atoms with Crippen LogP contribution >= 0.6 is 23.1 Å². The Morgan fingerprint density at radius 2 is 1.40 bits per heavy atom. The quantitative estimate of drug-likeness (QED) is 0.332. The molecular weight excluding hydrogens is 537 g/mol. The van der Waals surface area contributed by atoms with E-state index in [9.17, 15) is 9.59 Å². The third-order valence-corrected chi connectivity index (χ3v) is 10.6. The molecule has 0 saturated carbocycles. The Morgan fingerprint density at radius 1 is 0.875 bits per heavy atom. The largest absolute Gasteiger partial charge is 0.371 e. The summed E-state index contributed by atoms with van der Waals surface area (Å²) in [7, 11) is 0. The van der Waals surface area contributed by atoms with Gasteiger partial charge in [-0.15, -0.1) is 23.1 Å². The molecule has 1 N–H and O–H groups in total. The molecule has 6 nitrogen and oxygen atoms in total. The van der Waals surface area contributed by atoms with Gasteiger partial charge in [0.2, 0.25) is 11.6 Å². The molecule has 3 aliphatic heterocycles. The molecule has 3 aromatic rings. The van der Waals surface area contributed by atoms with Crippen LogP contribution in [0.5, 0.6) is 0 Å². The van der Waals surface area contributed by atoms with E-state index in [1.165, 1.54) is 11.4 Å². The van der Waals surface area contributed by atoms with Gasteiger partial charge in [-0.05, 0) is 55.0 Å². The monoisotopic (exact) mass is 572 g/mol. The van der Waals surface area contributed by atoms with Crippen LogP contribution in [0.1, 0.15) is 65.5 Å². The molecule has 8 heteroatoms. The number of thioether (sulfide) groups is 1. The van der Waals surface area contributed by atoms with Crippen LogP contribution in [-0.2, 0) is 5.41 Å². The second-order valence-electron chi connectivity index (χ2n) is 12.1. The van der Waals surface area contributed by atoms with Crippen LogP contribution < -0.4 is 15.1 Å². The smallest absolute Gasteiger partial charge is 0.212 e. The lowest BCUT2D eigenvalue weighted by molar-refractivity contribution is 0.102. The first-order valence-corrected chi connectivity index (χ1v) is 15.9. The highest BCUT2D eigenvalue weighted by Gasteiger charge is 2.40. The Morgan fingerprint density at radius 3 is 1.85 bits per heavy atom. The molecule has 208 valence electrons. The lowest BCUT2D eigenvalue weighted by Gasteiger charge is -2.24. The number of hydrogen-bond donors (Lipinski definition) is 1. The molecule has 1 aromatic heterocycles. The Bertz CT molecular complexity index is 1420. The first kappa shape index (κ1) is 27.1. The van der Waals surface area contributed by atoms with E-state index >= 15 is 0 Å². The third-order valence-electron chi connectivity index (χ3n) is 8.14. The first-order chi connectivity index (χ1) is 19.2. The highest BCUT2D eigenvalue weighted by atomic mass is 32.2. The molecule has 3 aliphatic rings. The molecule has 3 atom stereocenters. The normalized spacial score (nSPS) is 22.3. The number of benzene rings is 2. The van der Waals surface area contributed by atoms with E-state index in [-0.39, 0.29) is 17.0 Å². The number of nitrogens with one attached hydrogen (secondary N) is 1. The highest BCUT2D eigenvalue weighted by molar-refractivity contribution is 8.03. The predicted molar refractivity (Wildman–Crippen MR) is 166 cm³/mol. The topological polar surface area (TPSA) is 65.5 Å². The highest BCUT2D eigenvalue weighted by Crippen LogP contribution is 2.37. The number of carbonyl (C=O) groups excluding carboxylic acids is 2. The summed E-state index contributed by atoms with van der Waals surface area (Å²) in [4.78, 5) is 35.4. The van der Waals surface area contributed by atoms with Gasteiger partial charge in [0.25, 0.3) is 0 Å². The Labute approximate surface area is 244 Å². The maximum absolute atomic E-state index is 13.0. The summed E-state index contributed by atoms with van der Waals surface area (Å²) in [6.45, 7) is 12.5. The Hall–Kier alpha value is -3.10. The zero-order valence-electron chi connectivity index (χ0n) is 23.5. The summed E-state index contributed by atoms with van der Waals surface area (Å²) in [5.74, 6) is 1.26. The Kier molecular flexibility index (Phi) is 7.25. The van der Waals surface area contributed by atoms with E-state index in [1.54, 1.807) is 23.1 Å². The molecule has 2 fully saturated rings. The van der Waals surface area contributed by atoms with Crippen molar-refractivity contribution in [3.63, 3.8) is 0 Å². The van der Waals surface area contributed by atoms with Crippen LogP contribution in [0.2, 0.25) is 0 Å².